The van der Waals surface area contributed by atoms with Gasteiger partial charge in [-0.1, -0.05) is 43.6 Å². The third kappa shape index (κ3) is 3.46. The normalized spacial score (nSPS) is 21.6. The lowest BCUT2D eigenvalue weighted by atomic mass is 9.84. The quantitative estimate of drug-likeness (QED) is 0.685. The van der Waals surface area contributed by atoms with Gasteiger partial charge in [-0.05, 0) is 30.1 Å². The number of nitrogens with zero attached hydrogens (tertiary/aromatic N) is 1. The average molecular weight is 304 g/mol. The van der Waals surface area contributed by atoms with E-state index in [4.69, 9.17) is 0 Å². The third-order valence-electron chi connectivity index (χ3n) is 4.50. The Hall–Kier alpha value is -0.0500. The van der Waals surface area contributed by atoms with E-state index in [0.717, 1.165) is 37.7 Å². The van der Waals surface area contributed by atoms with Crippen LogP contribution in [-0.4, -0.2) is 29.2 Å². The summed E-state index contributed by atoms with van der Waals surface area (Å²) >= 11 is 3.63. The highest BCUT2D eigenvalue weighted by molar-refractivity contribution is 9.09. The van der Waals surface area contributed by atoms with Crippen molar-refractivity contribution in [1.29, 1.82) is 0 Å². The molecule has 0 saturated carbocycles. The molecule has 0 aromatic carbocycles. The molecular weight excluding hydrogens is 278 g/mol. The highest BCUT2D eigenvalue weighted by atomic mass is 79.9. The molecule has 1 heterocycles. The first-order chi connectivity index (χ1) is 7.98. The number of hydrogen-bond acceptors (Lipinski definition) is 1. The van der Waals surface area contributed by atoms with Crippen molar-refractivity contribution in [2.24, 2.45) is 17.3 Å². The van der Waals surface area contributed by atoms with Crippen LogP contribution in [0.3, 0.4) is 0 Å². The summed E-state index contributed by atoms with van der Waals surface area (Å²) in [7, 11) is 0. The van der Waals surface area contributed by atoms with Gasteiger partial charge in [-0.2, -0.15) is 0 Å². The van der Waals surface area contributed by atoms with Gasteiger partial charge < -0.3 is 4.90 Å². The second-order valence-corrected chi connectivity index (χ2v) is 6.38. The van der Waals surface area contributed by atoms with Crippen LogP contribution in [-0.2, 0) is 4.79 Å². The Balaban J connectivity index is 2.65. The molecule has 1 aliphatic rings. The zero-order chi connectivity index (χ0) is 13.1. The monoisotopic (exact) mass is 303 g/mol. The summed E-state index contributed by atoms with van der Waals surface area (Å²) in [6.45, 7) is 10.8. The van der Waals surface area contributed by atoms with Gasteiger partial charge in [0.2, 0.25) is 5.91 Å². The van der Waals surface area contributed by atoms with Gasteiger partial charge in [0.05, 0.1) is 0 Å². The largest absolute Gasteiger partial charge is 0.342 e. The third-order valence-corrected chi connectivity index (χ3v) is 5.69. The summed E-state index contributed by atoms with van der Waals surface area (Å²) in [6.07, 6.45) is 3.01. The highest BCUT2D eigenvalue weighted by Crippen LogP contribution is 2.33. The Kier molecular flexibility index (Phi) is 5.49. The van der Waals surface area contributed by atoms with E-state index in [1.807, 2.05) is 0 Å². The van der Waals surface area contributed by atoms with Crippen molar-refractivity contribution >= 4 is 21.8 Å². The molecular formula is C14H26BrNO. The number of likely N-dealkylation sites (tertiary alicyclic amines) is 1. The molecule has 100 valence electrons. The topological polar surface area (TPSA) is 20.3 Å². The number of carbonyl (C=O) groups excluding carboxylic acids is 1. The van der Waals surface area contributed by atoms with Crippen molar-refractivity contribution in [2.75, 3.05) is 18.4 Å². The molecule has 0 aliphatic carbocycles. The van der Waals surface area contributed by atoms with E-state index in [9.17, 15) is 4.79 Å². The van der Waals surface area contributed by atoms with E-state index in [2.05, 4.69) is 48.5 Å². The van der Waals surface area contributed by atoms with Crippen LogP contribution < -0.4 is 0 Å². The number of alkyl halides is 1. The molecule has 0 aromatic heterocycles. The summed E-state index contributed by atoms with van der Waals surface area (Å²) in [5.74, 6) is 1.53. The van der Waals surface area contributed by atoms with Crippen LogP contribution in [0.15, 0.2) is 0 Å². The van der Waals surface area contributed by atoms with Crippen molar-refractivity contribution in [3.05, 3.63) is 0 Å². The van der Waals surface area contributed by atoms with Gasteiger partial charge in [0.15, 0.2) is 0 Å². The fourth-order valence-corrected chi connectivity index (χ4v) is 3.48. The molecule has 1 saturated heterocycles. The van der Waals surface area contributed by atoms with E-state index < -0.39 is 0 Å². The van der Waals surface area contributed by atoms with Crippen LogP contribution in [0.1, 0.15) is 47.0 Å². The van der Waals surface area contributed by atoms with E-state index in [1.54, 1.807) is 0 Å². The van der Waals surface area contributed by atoms with Gasteiger partial charge in [0.1, 0.15) is 0 Å². The summed E-state index contributed by atoms with van der Waals surface area (Å²) in [4.78, 5) is 14.1. The zero-order valence-electron chi connectivity index (χ0n) is 11.6. The van der Waals surface area contributed by atoms with Gasteiger partial charge in [-0.3, -0.25) is 4.79 Å². The molecule has 0 radical (unpaired) electrons. The van der Waals surface area contributed by atoms with Crippen LogP contribution in [0.4, 0.5) is 0 Å². The van der Waals surface area contributed by atoms with Crippen LogP contribution in [0.2, 0.25) is 0 Å². The number of amides is 1. The fraction of sp³-hybridized carbons (Fsp3) is 0.929. The van der Waals surface area contributed by atoms with Crippen molar-refractivity contribution in [3.8, 4) is 0 Å². The predicted octanol–water partition coefficient (Wildman–Crippen LogP) is 3.69. The van der Waals surface area contributed by atoms with E-state index in [-0.39, 0.29) is 5.41 Å². The van der Waals surface area contributed by atoms with Crippen molar-refractivity contribution in [1.82, 2.24) is 4.90 Å². The first-order valence-electron chi connectivity index (χ1n) is 6.81. The Morgan fingerprint density at radius 3 is 2.35 bits per heavy atom. The Morgan fingerprint density at radius 1 is 1.41 bits per heavy atom. The van der Waals surface area contributed by atoms with E-state index in [1.165, 1.54) is 0 Å². The van der Waals surface area contributed by atoms with Crippen LogP contribution in [0.5, 0.6) is 0 Å². The minimum atomic E-state index is 0.265. The molecule has 1 aliphatic heterocycles. The van der Waals surface area contributed by atoms with Gasteiger partial charge in [0.25, 0.3) is 0 Å². The van der Waals surface area contributed by atoms with Crippen LogP contribution >= 0.6 is 15.9 Å². The summed E-state index contributed by atoms with van der Waals surface area (Å²) < 4.78 is 0. The lowest BCUT2D eigenvalue weighted by Gasteiger charge is -2.34. The SMILES string of the molecule is CCC(CC)(CBr)CN1CC(C(C)C)CC1=O. The summed E-state index contributed by atoms with van der Waals surface area (Å²) in [6, 6.07) is 0. The molecule has 3 heteroatoms. The molecule has 1 rings (SSSR count). The highest BCUT2D eigenvalue weighted by Gasteiger charge is 2.36. The number of rotatable bonds is 6. The van der Waals surface area contributed by atoms with Crippen LogP contribution in [0.25, 0.3) is 0 Å². The Morgan fingerprint density at radius 2 is 2.00 bits per heavy atom. The minimum absolute atomic E-state index is 0.265. The molecule has 0 spiro atoms. The predicted molar refractivity (Wildman–Crippen MR) is 76.3 cm³/mol. The Bertz CT molecular complexity index is 253. The van der Waals surface area contributed by atoms with Crippen molar-refractivity contribution in [3.63, 3.8) is 0 Å². The molecule has 1 atom stereocenters. The fourth-order valence-electron chi connectivity index (χ4n) is 2.51. The number of hydrogen-bond donors (Lipinski definition) is 0. The maximum Gasteiger partial charge on any atom is 0.222 e. The number of halogens is 1. The van der Waals surface area contributed by atoms with Gasteiger partial charge >= 0.3 is 0 Å². The van der Waals surface area contributed by atoms with Crippen molar-refractivity contribution in [2.45, 2.75) is 47.0 Å². The van der Waals surface area contributed by atoms with Gasteiger partial charge in [-0.25, -0.2) is 0 Å². The average Bonchev–Trinajstić information content (AvgIpc) is 2.68. The van der Waals surface area contributed by atoms with E-state index in [0.29, 0.717) is 17.7 Å². The Labute approximate surface area is 114 Å². The maximum atomic E-state index is 12.0. The maximum absolute atomic E-state index is 12.0. The molecule has 1 amide bonds. The molecule has 1 unspecified atom stereocenters. The molecule has 0 aromatic rings. The summed E-state index contributed by atoms with van der Waals surface area (Å²) in [5.41, 5.74) is 0.265. The summed E-state index contributed by atoms with van der Waals surface area (Å²) in [5, 5.41) is 0.989. The lowest BCUT2D eigenvalue weighted by Crippen LogP contribution is -2.39. The molecule has 0 bridgehead atoms. The first-order valence-corrected chi connectivity index (χ1v) is 7.94. The molecule has 17 heavy (non-hydrogen) atoms. The molecule has 0 N–H and O–H groups in total. The minimum Gasteiger partial charge on any atom is -0.342 e. The van der Waals surface area contributed by atoms with E-state index >= 15 is 0 Å². The van der Waals surface area contributed by atoms with Gasteiger partial charge in [-0.15, -0.1) is 0 Å². The molecule has 2 nitrogen and oxygen atoms in total. The van der Waals surface area contributed by atoms with Crippen LogP contribution in [0, 0.1) is 17.3 Å². The smallest absolute Gasteiger partial charge is 0.222 e. The zero-order valence-corrected chi connectivity index (χ0v) is 13.2. The molecule has 1 fully saturated rings. The number of carbonyl (C=O) groups is 1. The lowest BCUT2D eigenvalue weighted by molar-refractivity contribution is -0.129. The standard InChI is InChI=1S/C14H26BrNO/c1-5-14(6-2,9-15)10-16-8-12(11(3)4)7-13(16)17/h11-12H,5-10H2,1-4H3. The second kappa shape index (κ2) is 6.21. The van der Waals surface area contributed by atoms with Crippen molar-refractivity contribution < 1.29 is 4.79 Å². The van der Waals surface area contributed by atoms with Gasteiger partial charge in [0, 0.05) is 24.8 Å². The first kappa shape index (κ1) is 15.0. The second-order valence-electron chi connectivity index (χ2n) is 5.82.